The molecule has 1 heteroatoms. The lowest BCUT2D eigenvalue weighted by atomic mass is 10.2. The second kappa shape index (κ2) is 8.40. The Labute approximate surface area is 105 Å². The van der Waals surface area contributed by atoms with Crippen molar-refractivity contribution < 1.29 is 4.74 Å². The molecule has 0 heterocycles. The number of benzene rings is 2. The van der Waals surface area contributed by atoms with E-state index < -0.39 is 0 Å². The van der Waals surface area contributed by atoms with Crippen LogP contribution in [0.15, 0.2) is 54.6 Å². The van der Waals surface area contributed by atoms with E-state index in [0.717, 1.165) is 11.5 Å². The van der Waals surface area contributed by atoms with E-state index in [1.165, 1.54) is 5.56 Å². The molecule has 0 saturated carbocycles. The fourth-order valence-electron chi connectivity index (χ4n) is 1.23. The molecule has 0 aromatic heterocycles. The fraction of sp³-hybridized carbons (Fsp3) is 0.250. The average Bonchev–Trinajstić information content (AvgIpc) is 2.36. The van der Waals surface area contributed by atoms with Crippen molar-refractivity contribution in [2.75, 3.05) is 0 Å². The van der Waals surface area contributed by atoms with Crippen molar-refractivity contribution in [1.82, 2.24) is 0 Å². The molecule has 2 aromatic carbocycles. The highest BCUT2D eigenvalue weighted by atomic mass is 16.5. The summed E-state index contributed by atoms with van der Waals surface area (Å²) in [4.78, 5) is 0. The highest BCUT2D eigenvalue weighted by molar-refractivity contribution is 5.32. The molecule has 0 N–H and O–H groups in total. The van der Waals surface area contributed by atoms with Crippen LogP contribution in [0.3, 0.4) is 0 Å². The third kappa shape index (κ3) is 5.21. The van der Waals surface area contributed by atoms with Crippen LogP contribution in [0.1, 0.15) is 26.8 Å². The van der Waals surface area contributed by atoms with Gasteiger partial charge in [-0.25, -0.2) is 0 Å². The van der Waals surface area contributed by atoms with E-state index in [1.54, 1.807) is 0 Å². The van der Waals surface area contributed by atoms with E-state index in [4.69, 9.17) is 4.74 Å². The maximum Gasteiger partial charge on any atom is 0.127 e. The first-order valence-electron chi connectivity index (χ1n) is 5.64. The molecule has 0 bridgehead atoms. The van der Waals surface area contributed by atoms with E-state index in [9.17, 15) is 0 Å². The van der Waals surface area contributed by atoms with E-state index >= 15 is 0 Å². The summed E-state index contributed by atoms with van der Waals surface area (Å²) in [6.07, 6.45) is 0. The molecule has 0 aliphatic rings. The maximum absolute atomic E-state index is 5.63. The summed E-state index contributed by atoms with van der Waals surface area (Å²) < 4.78 is 5.63. The van der Waals surface area contributed by atoms with Crippen LogP contribution < -0.4 is 4.74 Å². The molecule has 1 nitrogen and oxygen atoms in total. The van der Waals surface area contributed by atoms with Crippen molar-refractivity contribution in [3.05, 3.63) is 60.2 Å². The topological polar surface area (TPSA) is 9.23 Å². The molecule has 0 radical (unpaired) electrons. The summed E-state index contributed by atoms with van der Waals surface area (Å²) in [6, 6.07) is 17.8. The van der Waals surface area contributed by atoms with Crippen molar-refractivity contribution in [1.29, 1.82) is 0 Å². The first kappa shape index (κ1) is 15.2. The summed E-state index contributed by atoms with van der Waals surface area (Å²) in [6.45, 7) is 6.06. The van der Waals surface area contributed by atoms with E-state index in [2.05, 4.69) is 6.92 Å². The van der Waals surface area contributed by atoms with Gasteiger partial charge in [-0.05, 0) is 31.2 Å². The van der Waals surface area contributed by atoms with Crippen LogP contribution >= 0.6 is 0 Å². The molecule has 0 unspecified atom stereocenters. The monoisotopic (exact) mass is 230 g/mol. The molecule has 2 aromatic rings. The van der Waals surface area contributed by atoms with Gasteiger partial charge in [-0.3, -0.25) is 0 Å². The van der Waals surface area contributed by atoms with Crippen LogP contribution in [-0.2, 0) is 0 Å². The van der Waals surface area contributed by atoms with Crippen molar-refractivity contribution >= 4 is 0 Å². The van der Waals surface area contributed by atoms with Crippen LogP contribution in [-0.4, -0.2) is 0 Å². The van der Waals surface area contributed by atoms with Crippen molar-refractivity contribution in [3.63, 3.8) is 0 Å². The summed E-state index contributed by atoms with van der Waals surface area (Å²) in [5.74, 6) is 1.75. The molecule has 0 amide bonds. The predicted molar refractivity (Wildman–Crippen MR) is 75.8 cm³/mol. The van der Waals surface area contributed by atoms with Crippen LogP contribution in [0.2, 0.25) is 0 Å². The lowest BCUT2D eigenvalue weighted by Gasteiger charge is -2.04. The van der Waals surface area contributed by atoms with Gasteiger partial charge in [0.1, 0.15) is 11.5 Å². The highest BCUT2D eigenvalue weighted by Crippen LogP contribution is 2.20. The zero-order valence-electron chi connectivity index (χ0n) is 10.1. The Morgan fingerprint density at radius 2 is 1.18 bits per heavy atom. The molecule has 0 aliphatic heterocycles. The second-order valence-electron chi connectivity index (χ2n) is 3.23. The van der Waals surface area contributed by atoms with Crippen LogP contribution in [0.5, 0.6) is 11.5 Å². The Hall–Kier alpha value is -1.76. The number of aryl methyl sites for hydroxylation is 1. The zero-order valence-corrected chi connectivity index (χ0v) is 10.1. The minimum Gasteiger partial charge on any atom is -0.457 e. The largest absolute Gasteiger partial charge is 0.457 e. The van der Waals surface area contributed by atoms with Crippen molar-refractivity contribution in [3.8, 4) is 11.5 Å². The van der Waals surface area contributed by atoms with Crippen LogP contribution in [0.25, 0.3) is 0 Å². The first-order chi connectivity index (χ1) is 7.84. The van der Waals surface area contributed by atoms with Gasteiger partial charge in [0, 0.05) is 0 Å². The Kier molecular flexibility index (Phi) is 7.53. The van der Waals surface area contributed by atoms with Gasteiger partial charge in [0.25, 0.3) is 0 Å². The first-order valence-corrected chi connectivity index (χ1v) is 5.64. The molecule has 2 rings (SSSR count). The van der Waals surface area contributed by atoms with Crippen molar-refractivity contribution in [2.45, 2.75) is 28.2 Å². The van der Waals surface area contributed by atoms with E-state index in [0.29, 0.717) is 0 Å². The molecule has 0 spiro atoms. The van der Waals surface area contributed by atoms with Gasteiger partial charge >= 0.3 is 0 Å². The lowest BCUT2D eigenvalue weighted by Crippen LogP contribution is -1.82. The second-order valence-corrected chi connectivity index (χ2v) is 3.23. The van der Waals surface area contributed by atoms with E-state index in [1.807, 2.05) is 68.4 Å². The van der Waals surface area contributed by atoms with Crippen LogP contribution in [0.4, 0.5) is 0 Å². The quantitative estimate of drug-likeness (QED) is 0.666. The molecular formula is C16H22O. The van der Waals surface area contributed by atoms with Gasteiger partial charge in [-0.1, -0.05) is 57.2 Å². The summed E-state index contributed by atoms with van der Waals surface area (Å²) >= 11 is 0. The molecule has 0 atom stereocenters. The minimum absolute atomic E-state index is 0. The molecular weight excluding hydrogens is 208 g/mol. The Balaban J connectivity index is 0.000000811. The maximum atomic E-state index is 5.63. The molecule has 0 aliphatic carbocycles. The molecule has 0 fully saturated rings. The number of rotatable bonds is 2. The summed E-state index contributed by atoms with van der Waals surface area (Å²) in [7, 11) is 0. The smallest absolute Gasteiger partial charge is 0.127 e. The average molecular weight is 230 g/mol. The third-order valence-electron chi connectivity index (χ3n) is 2.00. The molecule has 0 saturated heterocycles. The zero-order chi connectivity index (χ0) is 11.8. The Bertz CT molecular complexity index is 390. The predicted octanol–water partition coefficient (Wildman–Crippen LogP) is 5.45. The van der Waals surface area contributed by atoms with E-state index in [-0.39, 0.29) is 7.43 Å². The highest BCUT2D eigenvalue weighted by Gasteiger charge is 1.94. The number of para-hydroxylation sites is 1. The van der Waals surface area contributed by atoms with Gasteiger partial charge in [-0.2, -0.15) is 0 Å². The van der Waals surface area contributed by atoms with Gasteiger partial charge < -0.3 is 4.74 Å². The molecule has 17 heavy (non-hydrogen) atoms. The fourth-order valence-corrected chi connectivity index (χ4v) is 1.23. The van der Waals surface area contributed by atoms with Crippen LogP contribution in [0, 0.1) is 6.92 Å². The minimum atomic E-state index is 0. The van der Waals surface area contributed by atoms with Gasteiger partial charge in [0.15, 0.2) is 0 Å². The normalized spacial score (nSPS) is 8.41. The van der Waals surface area contributed by atoms with Gasteiger partial charge in [0.2, 0.25) is 0 Å². The molecule has 92 valence electrons. The summed E-state index contributed by atoms with van der Waals surface area (Å²) in [5.41, 5.74) is 1.24. The third-order valence-corrected chi connectivity index (χ3v) is 2.00. The Morgan fingerprint density at radius 1 is 0.706 bits per heavy atom. The SMILES string of the molecule is C.CC.Cc1ccc(Oc2ccccc2)cc1. The van der Waals surface area contributed by atoms with Crippen molar-refractivity contribution in [2.24, 2.45) is 0 Å². The number of hydrogen-bond donors (Lipinski definition) is 0. The van der Waals surface area contributed by atoms with Gasteiger partial charge in [-0.15, -0.1) is 0 Å². The Morgan fingerprint density at radius 3 is 1.71 bits per heavy atom. The number of ether oxygens (including phenoxy) is 1. The standard InChI is InChI=1S/C13H12O.C2H6.CH4/c1-11-7-9-13(10-8-11)14-12-5-3-2-4-6-12;1-2;/h2-10H,1H3;1-2H3;1H4. The lowest BCUT2D eigenvalue weighted by molar-refractivity contribution is 0.482. The summed E-state index contributed by atoms with van der Waals surface area (Å²) in [5, 5.41) is 0. The number of hydrogen-bond acceptors (Lipinski definition) is 1. The van der Waals surface area contributed by atoms with Gasteiger partial charge in [0.05, 0.1) is 0 Å².